The smallest absolute Gasteiger partial charge is 0.241 e. The molecule has 4 atom stereocenters. The van der Waals surface area contributed by atoms with Gasteiger partial charge in [-0.2, -0.15) is 0 Å². The normalized spacial score (nSPS) is 34.6. The minimum Gasteiger partial charge on any atom is -0.341 e. The van der Waals surface area contributed by atoms with Crippen LogP contribution in [0.1, 0.15) is 43.6 Å². The number of amides is 1. The van der Waals surface area contributed by atoms with Gasteiger partial charge in [0.05, 0.1) is 0 Å². The first-order valence-corrected chi connectivity index (χ1v) is 8.68. The number of carbonyl (C=O) groups is 1. The van der Waals surface area contributed by atoms with E-state index >= 15 is 0 Å². The van der Waals surface area contributed by atoms with Crippen LogP contribution in [0.25, 0.3) is 0 Å². The van der Waals surface area contributed by atoms with E-state index in [0.717, 1.165) is 19.5 Å². The van der Waals surface area contributed by atoms with Gasteiger partial charge in [0.15, 0.2) is 0 Å². The lowest BCUT2D eigenvalue weighted by Crippen LogP contribution is -2.47. The Kier molecular flexibility index (Phi) is 3.89. The number of benzene rings is 1. The molecule has 3 fully saturated rings. The summed E-state index contributed by atoms with van der Waals surface area (Å²) in [5, 5.41) is 0. The third kappa shape index (κ3) is 2.55. The molecule has 1 aliphatic carbocycles. The molecule has 1 amide bonds. The zero-order valence-electron chi connectivity index (χ0n) is 13.0. The van der Waals surface area contributed by atoms with Gasteiger partial charge in [-0.15, -0.1) is 0 Å². The van der Waals surface area contributed by atoms with Crippen LogP contribution in [-0.4, -0.2) is 36.0 Å². The lowest BCUT2D eigenvalue weighted by Gasteiger charge is -2.29. The fourth-order valence-corrected chi connectivity index (χ4v) is 4.44. The summed E-state index contributed by atoms with van der Waals surface area (Å²) in [6, 6.07) is 11.1. The van der Waals surface area contributed by atoms with Crippen molar-refractivity contribution in [3.05, 3.63) is 35.9 Å². The molecule has 2 aliphatic heterocycles. The molecule has 1 aromatic rings. The summed E-state index contributed by atoms with van der Waals surface area (Å²) in [6.45, 7) is 1.77. The zero-order chi connectivity index (χ0) is 14.9. The lowest BCUT2D eigenvalue weighted by molar-refractivity contribution is -0.133. The Morgan fingerprint density at radius 1 is 1.05 bits per heavy atom. The monoisotopic (exact) mass is 299 g/mol. The molecular formula is C18H25N3O. The van der Waals surface area contributed by atoms with Crippen molar-refractivity contribution in [3.63, 3.8) is 0 Å². The van der Waals surface area contributed by atoms with Crippen molar-refractivity contribution in [1.29, 1.82) is 0 Å². The second-order valence-corrected chi connectivity index (χ2v) is 7.00. The molecule has 4 heteroatoms. The van der Waals surface area contributed by atoms with Crippen LogP contribution in [0.2, 0.25) is 0 Å². The molecule has 1 aromatic carbocycles. The summed E-state index contributed by atoms with van der Waals surface area (Å²) in [5.41, 5.74) is 8.01. The Balaban J connectivity index is 1.42. The highest BCUT2D eigenvalue weighted by Crippen LogP contribution is 2.33. The van der Waals surface area contributed by atoms with Gasteiger partial charge in [-0.3, -0.25) is 10.2 Å². The summed E-state index contributed by atoms with van der Waals surface area (Å²) in [7, 11) is 0. The molecule has 22 heavy (non-hydrogen) atoms. The molecular weight excluding hydrogens is 274 g/mol. The molecule has 1 saturated carbocycles. The van der Waals surface area contributed by atoms with Gasteiger partial charge in [0, 0.05) is 31.0 Å². The topological polar surface area (TPSA) is 44.4 Å². The Hall–Kier alpha value is -1.39. The highest BCUT2D eigenvalue weighted by atomic mass is 16.2. The third-order valence-corrected chi connectivity index (χ3v) is 5.71. The molecule has 3 aliphatic rings. The summed E-state index contributed by atoms with van der Waals surface area (Å²) in [4.78, 5) is 15.0. The molecule has 0 aromatic heterocycles. The van der Waals surface area contributed by atoms with Crippen LogP contribution in [0, 0.1) is 5.92 Å². The summed E-state index contributed by atoms with van der Waals surface area (Å²) < 4.78 is 0. The van der Waals surface area contributed by atoms with Gasteiger partial charge < -0.3 is 4.90 Å². The van der Waals surface area contributed by atoms with E-state index in [4.69, 9.17) is 0 Å². The van der Waals surface area contributed by atoms with E-state index in [0.29, 0.717) is 23.8 Å². The summed E-state index contributed by atoms with van der Waals surface area (Å²) in [5.74, 6) is 1.29. The van der Waals surface area contributed by atoms with Crippen LogP contribution in [0.5, 0.6) is 0 Å². The van der Waals surface area contributed by atoms with Gasteiger partial charge in [-0.05, 0) is 24.8 Å². The average Bonchev–Trinajstić information content (AvgIpc) is 3.22. The highest BCUT2D eigenvalue weighted by molar-refractivity contribution is 5.83. The molecule has 2 saturated heterocycles. The fraction of sp³-hybridized carbons (Fsp3) is 0.611. The Labute approximate surface area is 132 Å². The maximum Gasteiger partial charge on any atom is 0.241 e. The van der Waals surface area contributed by atoms with E-state index in [-0.39, 0.29) is 6.04 Å². The van der Waals surface area contributed by atoms with Crippen molar-refractivity contribution >= 4 is 5.91 Å². The largest absolute Gasteiger partial charge is 0.341 e. The lowest BCUT2D eigenvalue weighted by atomic mass is 9.81. The molecule has 2 heterocycles. The van der Waals surface area contributed by atoms with Gasteiger partial charge in [0.2, 0.25) is 5.91 Å². The fourth-order valence-electron chi connectivity index (χ4n) is 4.44. The highest BCUT2D eigenvalue weighted by Gasteiger charge is 2.43. The number of nitrogens with zero attached hydrogens (tertiary/aromatic N) is 1. The number of fused-ring (bicyclic) bond motifs is 1. The maximum atomic E-state index is 12.9. The van der Waals surface area contributed by atoms with Crippen LogP contribution in [0.3, 0.4) is 0 Å². The number of likely N-dealkylation sites (tertiary alicyclic amines) is 1. The van der Waals surface area contributed by atoms with Crippen molar-refractivity contribution in [2.45, 2.75) is 50.1 Å². The van der Waals surface area contributed by atoms with Gasteiger partial charge in [-0.1, -0.05) is 43.2 Å². The van der Waals surface area contributed by atoms with E-state index in [1.54, 1.807) is 0 Å². The van der Waals surface area contributed by atoms with E-state index in [9.17, 15) is 4.79 Å². The average molecular weight is 299 g/mol. The van der Waals surface area contributed by atoms with Crippen LogP contribution in [0.15, 0.2) is 30.3 Å². The van der Waals surface area contributed by atoms with Crippen LogP contribution < -0.4 is 10.9 Å². The van der Waals surface area contributed by atoms with Gasteiger partial charge in [-0.25, -0.2) is 5.43 Å². The predicted molar refractivity (Wildman–Crippen MR) is 86.2 cm³/mol. The minimum absolute atomic E-state index is 0.0141. The number of nitrogens with one attached hydrogen (secondary N) is 2. The van der Waals surface area contributed by atoms with E-state index in [1.807, 2.05) is 0 Å². The molecule has 0 spiro atoms. The molecule has 0 bridgehead atoms. The first-order chi connectivity index (χ1) is 10.8. The van der Waals surface area contributed by atoms with Crippen molar-refractivity contribution < 1.29 is 4.79 Å². The van der Waals surface area contributed by atoms with Crippen LogP contribution >= 0.6 is 0 Å². The molecule has 118 valence electrons. The second-order valence-electron chi connectivity index (χ2n) is 7.00. The molecule has 2 N–H and O–H groups in total. The number of carbonyl (C=O) groups excluding carboxylic acids is 1. The quantitative estimate of drug-likeness (QED) is 0.878. The van der Waals surface area contributed by atoms with Crippen LogP contribution in [0.4, 0.5) is 0 Å². The number of hydrazine groups is 1. The van der Waals surface area contributed by atoms with Crippen molar-refractivity contribution in [2.75, 3.05) is 13.1 Å². The first kappa shape index (κ1) is 14.2. The van der Waals surface area contributed by atoms with E-state index in [2.05, 4.69) is 46.1 Å². The SMILES string of the molecule is O=C(C1NNC2CCCCC21)N1CCC(c2ccccc2)C1. The van der Waals surface area contributed by atoms with Crippen molar-refractivity contribution in [3.8, 4) is 0 Å². The molecule has 4 nitrogen and oxygen atoms in total. The van der Waals surface area contributed by atoms with Crippen molar-refractivity contribution in [2.24, 2.45) is 5.92 Å². The Bertz CT molecular complexity index is 532. The summed E-state index contributed by atoms with van der Waals surface area (Å²) in [6.07, 6.45) is 6.02. The minimum atomic E-state index is -0.0141. The Morgan fingerprint density at radius 2 is 1.86 bits per heavy atom. The van der Waals surface area contributed by atoms with Gasteiger partial charge >= 0.3 is 0 Å². The first-order valence-electron chi connectivity index (χ1n) is 8.68. The molecule has 4 rings (SSSR count). The molecule has 0 radical (unpaired) electrons. The third-order valence-electron chi connectivity index (χ3n) is 5.71. The standard InChI is InChI=1S/C18H25N3O/c22-18(17-15-8-4-5-9-16(15)19-20-17)21-11-10-14(12-21)13-6-2-1-3-7-13/h1-3,6-7,14-17,19-20H,4-5,8-12H2. The second kappa shape index (κ2) is 6.01. The summed E-state index contributed by atoms with van der Waals surface area (Å²) >= 11 is 0. The zero-order valence-corrected chi connectivity index (χ0v) is 13.0. The van der Waals surface area contributed by atoms with Gasteiger partial charge in [0.1, 0.15) is 6.04 Å². The van der Waals surface area contributed by atoms with E-state index < -0.39 is 0 Å². The molecule has 4 unspecified atom stereocenters. The van der Waals surface area contributed by atoms with E-state index in [1.165, 1.54) is 31.2 Å². The van der Waals surface area contributed by atoms with Crippen LogP contribution in [-0.2, 0) is 4.79 Å². The predicted octanol–water partition coefficient (Wildman–Crippen LogP) is 2.04. The number of rotatable bonds is 2. The number of hydrogen-bond donors (Lipinski definition) is 2. The van der Waals surface area contributed by atoms with Gasteiger partial charge in [0.25, 0.3) is 0 Å². The van der Waals surface area contributed by atoms with Crippen molar-refractivity contribution in [1.82, 2.24) is 15.8 Å². The maximum absolute atomic E-state index is 12.9. The number of hydrogen-bond acceptors (Lipinski definition) is 3. The Morgan fingerprint density at radius 3 is 2.73 bits per heavy atom.